The molecular weight excluding hydrogens is 351 g/mol. The van der Waals surface area contributed by atoms with Crippen molar-refractivity contribution in [3.05, 3.63) is 95.3 Å². The maximum Gasteiger partial charge on any atom is 0.262 e. The van der Waals surface area contributed by atoms with Gasteiger partial charge in [-0.2, -0.15) is 0 Å². The highest BCUT2D eigenvalue weighted by molar-refractivity contribution is 6.12. The zero-order chi connectivity index (χ0) is 19.7. The third kappa shape index (κ3) is 3.26. The Bertz CT molecular complexity index is 982. The van der Waals surface area contributed by atoms with Crippen LogP contribution in [-0.2, 0) is 0 Å². The van der Waals surface area contributed by atoms with Crippen molar-refractivity contribution in [2.24, 2.45) is 0 Å². The van der Waals surface area contributed by atoms with Crippen molar-refractivity contribution < 1.29 is 9.18 Å². The Kier molecular flexibility index (Phi) is 4.86. The predicted molar refractivity (Wildman–Crippen MR) is 111 cm³/mol. The van der Waals surface area contributed by atoms with Gasteiger partial charge in [0.2, 0.25) is 0 Å². The van der Waals surface area contributed by atoms with Crippen LogP contribution in [0.5, 0.6) is 0 Å². The molecule has 1 N–H and O–H groups in total. The number of amides is 1. The zero-order valence-electron chi connectivity index (χ0n) is 16.0. The van der Waals surface area contributed by atoms with E-state index in [0.29, 0.717) is 11.5 Å². The Morgan fingerprint density at radius 1 is 1.00 bits per heavy atom. The van der Waals surface area contributed by atoms with Crippen molar-refractivity contribution in [3.63, 3.8) is 0 Å². The normalized spacial score (nSPS) is 17.0. The lowest BCUT2D eigenvalue weighted by molar-refractivity contribution is 0.0975. The number of nitrogens with zero attached hydrogens (tertiary/aromatic N) is 1. The molecule has 0 saturated carbocycles. The van der Waals surface area contributed by atoms with Crippen molar-refractivity contribution >= 4 is 17.3 Å². The molecule has 4 heteroatoms. The molecule has 1 amide bonds. The van der Waals surface area contributed by atoms with Gasteiger partial charge >= 0.3 is 0 Å². The summed E-state index contributed by atoms with van der Waals surface area (Å²) in [6.07, 6.45) is 0.659. The van der Waals surface area contributed by atoms with Crippen LogP contribution in [0.1, 0.15) is 53.8 Å². The van der Waals surface area contributed by atoms with Gasteiger partial charge in [-0.15, -0.1) is 0 Å². The number of rotatable bonds is 4. The molecule has 3 nitrogen and oxygen atoms in total. The molecule has 0 saturated heterocycles. The summed E-state index contributed by atoms with van der Waals surface area (Å²) in [7, 11) is 0. The molecule has 2 unspecified atom stereocenters. The van der Waals surface area contributed by atoms with Crippen molar-refractivity contribution in [2.45, 2.75) is 32.4 Å². The monoisotopic (exact) mass is 374 g/mol. The molecule has 1 aliphatic rings. The first kappa shape index (κ1) is 18.2. The second kappa shape index (κ2) is 7.47. The molecule has 2 atom stereocenters. The second-order valence-corrected chi connectivity index (χ2v) is 7.22. The Hall–Kier alpha value is -3.14. The van der Waals surface area contributed by atoms with E-state index in [9.17, 15) is 9.18 Å². The average molecular weight is 374 g/mol. The molecule has 142 valence electrons. The number of para-hydroxylation sites is 1. The van der Waals surface area contributed by atoms with Crippen LogP contribution in [0.4, 0.5) is 15.8 Å². The minimum Gasteiger partial charge on any atom is -0.360 e. The van der Waals surface area contributed by atoms with Crippen LogP contribution < -0.4 is 10.2 Å². The van der Waals surface area contributed by atoms with E-state index in [1.807, 2.05) is 36.4 Å². The standard InChI is InChI=1S/C24H23FN2O/c1-3-16(2)17-10-14-20(15-11-17)27-23(18-8-12-19(25)13-9-18)26-22-7-5-4-6-21(22)24(27)28/h4-16,23,26H,3H2,1-2H3. The van der Waals surface area contributed by atoms with Gasteiger partial charge in [-0.05, 0) is 59.9 Å². The van der Waals surface area contributed by atoms with Crippen LogP contribution in [0.2, 0.25) is 0 Å². The van der Waals surface area contributed by atoms with Gasteiger partial charge in [-0.25, -0.2) is 4.39 Å². The number of fused-ring (bicyclic) bond motifs is 1. The average Bonchev–Trinajstić information content (AvgIpc) is 2.74. The third-order valence-electron chi connectivity index (χ3n) is 5.47. The summed E-state index contributed by atoms with van der Waals surface area (Å²) in [5.74, 6) is 0.105. The largest absolute Gasteiger partial charge is 0.360 e. The molecule has 3 aromatic rings. The van der Waals surface area contributed by atoms with E-state index in [4.69, 9.17) is 0 Å². The molecule has 3 aromatic carbocycles. The molecule has 0 radical (unpaired) electrons. The van der Waals surface area contributed by atoms with Crippen LogP contribution in [0.15, 0.2) is 72.8 Å². The lowest BCUT2D eigenvalue weighted by atomic mass is 9.97. The zero-order valence-corrected chi connectivity index (χ0v) is 16.0. The van der Waals surface area contributed by atoms with Gasteiger partial charge in [0.25, 0.3) is 5.91 Å². The Labute approximate surface area is 164 Å². The number of anilines is 2. The summed E-state index contributed by atoms with van der Waals surface area (Å²) in [6, 6.07) is 21.9. The molecule has 0 bridgehead atoms. The number of benzene rings is 3. The summed E-state index contributed by atoms with van der Waals surface area (Å²) < 4.78 is 13.4. The molecule has 1 aliphatic heterocycles. The highest BCUT2D eigenvalue weighted by Gasteiger charge is 2.34. The maximum absolute atomic E-state index is 13.4. The van der Waals surface area contributed by atoms with Crippen molar-refractivity contribution in [3.8, 4) is 0 Å². The maximum atomic E-state index is 13.4. The van der Waals surface area contributed by atoms with Gasteiger partial charge in [-0.3, -0.25) is 9.69 Å². The second-order valence-electron chi connectivity index (χ2n) is 7.22. The summed E-state index contributed by atoms with van der Waals surface area (Å²) >= 11 is 0. The fraction of sp³-hybridized carbons (Fsp3) is 0.208. The van der Waals surface area contributed by atoms with Gasteiger partial charge in [0.05, 0.1) is 5.56 Å². The summed E-state index contributed by atoms with van der Waals surface area (Å²) in [6.45, 7) is 4.36. The summed E-state index contributed by atoms with van der Waals surface area (Å²) in [4.78, 5) is 15.1. The first-order valence-electron chi connectivity index (χ1n) is 9.63. The van der Waals surface area contributed by atoms with E-state index in [1.54, 1.807) is 17.0 Å². The predicted octanol–water partition coefficient (Wildman–Crippen LogP) is 6.11. The van der Waals surface area contributed by atoms with Gasteiger partial charge < -0.3 is 5.32 Å². The van der Waals surface area contributed by atoms with Crippen molar-refractivity contribution in [1.82, 2.24) is 0 Å². The van der Waals surface area contributed by atoms with Crippen LogP contribution in [-0.4, -0.2) is 5.91 Å². The first-order chi connectivity index (χ1) is 13.6. The summed E-state index contributed by atoms with van der Waals surface area (Å²) in [5, 5.41) is 3.44. The molecular formula is C24H23FN2O. The lowest BCUT2D eigenvalue weighted by Gasteiger charge is -2.38. The van der Waals surface area contributed by atoms with Gasteiger partial charge in [0, 0.05) is 11.4 Å². The quantitative estimate of drug-likeness (QED) is 0.597. The van der Waals surface area contributed by atoms with Gasteiger partial charge in [0.1, 0.15) is 12.0 Å². The van der Waals surface area contributed by atoms with Crippen LogP contribution in [0.3, 0.4) is 0 Å². The number of halogens is 1. The van der Waals surface area contributed by atoms with E-state index in [-0.39, 0.29) is 11.7 Å². The number of nitrogens with one attached hydrogen (secondary N) is 1. The highest BCUT2D eigenvalue weighted by Crippen LogP contribution is 2.37. The van der Waals surface area contributed by atoms with E-state index in [2.05, 4.69) is 31.3 Å². The minimum absolute atomic E-state index is 0.0695. The number of hydrogen-bond acceptors (Lipinski definition) is 2. The van der Waals surface area contributed by atoms with Crippen LogP contribution in [0, 0.1) is 5.82 Å². The minimum atomic E-state index is -0.405. The van der Waals surface area contributed by atoms with Crippen molar-refractivity contribution in [2.75, 3.05) is 10.2 Å². The van der Waals surface area contributed by atoms with Crippen molar-refractivity contribution in [1.29, 1.82) is 0 Å². The molecule has 1 heterocycles. The Balaban J connectivity index is 1.78. The van der Waals surface area contributed by atoms with Gasteiger partial charge in [0.15, 0.2) is 0 Å². The van der Waals surface area contributed by atoms with E-state index in [1.165, 1.54) is 17.7 Å². The molecule has 0 aromatic heterocycles. The van der Waals surface area contributed by atoms with E-state index in [0.717, 1.165) is 23.4 Å². The molecule has 0 spiro atoms. The van der Waals surface area contributed by atoms with Crippen LogP contribution >= 0.6 is 0 Å². The van der Waals surface area contributed by atoms with Gasteiger partial charge in [-0.1, -0.05) is 50.2 Å². The molecule has 0 fully saturated rings. The Morgan fingerprint density at radius 2 is 1.68 bits per heavy atom. The Morgan fingerprint density at radius 3 is 2.36 bits per heavy atom. The first-order valence-corrected chi connectivity index (χ1v) is 9.63. The van der Waals surface area contributed by atoms with E-state index >= 15 is 0 Å². The molecule has 0 aliphatic carbocycles. The van der Waals surface area contributed by atoms with Crippen LogP contribution in [0.25, 0.3) is 0 Å². The molecule has 4 rings (SSSR count). The lowest BCUT2D eigenvalue weighted by Crippen LogP contribution is -2.43. The fourth-order valence-electron chi connectivity index (χ4n) is 3.60. The SMILES string of the molecule is CCC(C)c1ccc(N2C(=O)c3ccccc3NC2c2ccc(F)cc2)cc1. The number of carbonyl (C=O) groups is 1. The fourth-order valence-corrected chi connectivity index (χ4v) is 3.60. The molecule has 28 heavy (non-hydrogen) atoms. The smallest absolute Gasteiger partial charge is 0.262 e. The summed E-state index contributed by atoms with van der Waals surface area (Å²) in [5.41, 5.74) is 4.31. The highest BCUT2D eigenvalue weighted by atomic mass is 19.1. The van der Waals surface area contributed by atoms with E-state index < -0.39 is 6.17 Å². The number of hydrogen-bond donors (Lipinski definition) is 1. The third-order valence-corrected chi connectivity index (χ3v) is 5.47. The topological polar surface area (TPSA) is 32.3 Å². The number of carbonyl (C=O) groups excluding carboxylic acids is 1.